The summed E-state index contributed by atoms with van der Waals surface area (Å²) in [4.78, 5) is 12.4. The van der Waals surface area contributed by atoms with Gasteiger partial charge in [-0.15, -0.1) is 0 Å². The minimum absolute atomic E-state index is 0.192. The summed E-state index contributed by atoms with van der Waals surface area (Å²) < 4.78 is 5.93. The van der Waals surface area contributed by atoms with Crippen LogP contribution in [-0.4, -0.2) is 25.0 Å². The van der Waals surface area contributed by atoms with Crippen molar-refractivity contribution < 1.29 is 9.53 Å². The van der Waals surface area contributed by atoms with Crippen LogP contribution < -0.4 is 10.1 Å². The molecule has 0 radical (unpaired) electrons. The number of rotatable bonds is 4. The fourth-order valence-electron chi connectivity index (χ4n) is 3.22. The molecule has 1 aliphatic carbocycles. The van der Waals surface area contributed by atoms with Crippen LogP contribution in [0.2, 0.25) is 0 Å². The van der Waals surface area contributed by atoms with Crippen LogP contribution in [0.25, 0.3) is 0 Å². The van der Waals surface area contributed by atoms with Crippen LogP contribution >= 0.6 is 0 Å². The molecule has 108 valence electrons. The van der Waals surface area contributed by atoms with Gasteiger partial charge >= 0.3 is 0 Å². The van der Waals surface area contributed by atoms with Crippen LogP contribution in [0.1, 0.15) is 48.9 Å². The Morgan fingerprint density at radius 3 is 2.30 bits per heavy atom. The molecule has 0 spiro atoms. The average Bonchev–Trinajstić information content (AvgIpc) is 3.01. The maximum absolute atomic E-state index is 12.4. The van der Waals surface area contributed by atoms with Crippen LogP contribution in [0.15, 0.2) is 24.3 Å². The molecule has 0 unspecified atom stereocenters. The highest BCUT2D eigenvalue weighted by Gasteiger charge is 2.22. The Morgan fingerprint density at radius 2 is 1.65 bits per heavy atom. The van der Waals surface area contributed by atoms with Crippen molar-refractivity contribution in [3.63, 3.8) is 0 Å². The van der Waals surface area contributed by atoms with Gasteiger partial charge < -0.3 is 10.1 Å². The second-order valence-corrected chi connectivity index (χ2v) is 5.94. The van der Waals surface area contributed by atoms with E-state index in [1.165, 1.54) is 12.8 Å². The third-order valence-electron chi connectivity index (χ3n) is 4.45. The zero-order valence-corrected chi connectivity index (χ0v) is 11.9. The molecule has 0 amide bonds. The molecule has 2 aliphatic rings. The quantitative estimate of drug-likeness (QED) is 0.856. The van der Waals surface area contributed by atoms with Crippen LogP contribution in [-0.2, 0) is 0 Å². The summed E-state index contributed by atoms with van der Waals surface area (Å²) >= 11 is 0. The summed E-state index contributed by atoms with van der Waals surface area (Å²) in [6, 6.07) is 7.75. The number of carbonyl (C=O) groups excluding carboxylic acids is 1. The van der Waals surface area contributed by atoms with Crippen molar-refractivity contribution in [3.05, 3.63) is 29.8 Å². The molecule has 20 heavy (non-hydrogen) atoms. The molecule has 3 heteroatoms. The van der Waals surface area contributed by atoms with Gasteiger partial charge in [-0.1, -0.05) is 0 Å². The van der Waals surface area contributed by atoms with E-state index >= 15 is 0 Å². The van der Waals surface area contributed by atoms with Gasteiger partial charge in [0.15, 0.2) is 5.78 Å². The predicted molar refractivity (Wildman–Crippen MR) is 79.3 cm³/mol. The number of piperidine rings is 1. The second-order valence-electron chi connectivity index (χ2n) is 5.94. The zero-order chi connectivity index (χ0) is 13.8. The lowest BCUT2D eigenvalue weighted by Crippen LogP contribution is -2.31. The average molecular weight is 273 g/mol. The van der Waals surface area contributed by atoms with E-state index in [1.807, 2.05) is 24.3 Å². The summed E-state index contributed by atoms with van der Waals surface area (Å²) in [5.41, 5.74) is 0.829. The van der Waals surface area contributed by atoms with Crippen molar-refractivity contribution in [2.75, 3.05) is 13.1 Å². The van der Waals surface area contributed by atoms with E-state index in [2.05, 4.69) is 5.32 Å². The first-order chi connectivity index (χ1) is 9.83. The molecular weight excluding hydrogens is 250 g/mol. The number of Topliss-reactive ketones (excluding diaryl/α,β-unsaturated/α-hetero) is 1. The number of ketones is 1. The molecule has 0 bridgehead atoms. The minimum atomic E-state index is 0.192. The molecule has 1 N–H and O–H groups in total. The van der Waals surface area contributed by atoms with Gasteiger partial charge in [-0.25, -0.2) is 0 Å². The van der Waals surface area contributed by atoms with Gasteiger partial charge in [0, 0.05) is 11.5 Å². The molecule has 0 aromatic heterocycles. The molecule has 3 nitrogen and oxygen atoms in total. The zero-order valence-electron chi connectivity index (χ0n) is 11.9. The standard InChI is InChI=1S/C17H23NO2/c19-17(14-9-11-18-12-10-14)13-5-7-16(8-6-13)20-15-3-1-2-4-15/h5-8,14-15,18H,1-4,9-12H2. The van der Waals surface area contributed by atoms with Crippen LogP contribution in [0.3, 0.4) is 0 Å². The molecule has 0 atom stereocenters. The van der Waals surface area contributed by atoms with Gasteiger partial charge in [-0.3, -0.25) is 4.79 Å². The normalized spacial score (nSPS) is 21.0. The molecule has 1 heterocycles. The SMILES string of the molecule is O=C(c1ccc(OC2CCCC2)cc1)C1CCNCC1. The Labute approximate surface area is 120 Å². The Balaban J connectivity index is 1.61. The van der Waals surface area contributed by atoms with Gasteiger partial charge in [0.2, 0.25) is 0 Å². The Bertz CT molecular complexity index is 443. The fraction of sp³-hybridized carbons (Fsp3) is 0.588. The maximum atomic E-state index is 12.4. The number of carbonyl (C=O) groups is 1. The number of nitrogens with one attached hydrogen (secondary N) is 1. The van der Waals surface area contributed by atoms with Gasteiger partial charge in [0.05, 0.1) is 6.10 Å². The third kappa shape index (κ3) is 3.21. The predicted octanol–water partition coefficient (Wildman–Crippen LogP) is 3.19. The van der Waals surface area contributed by atoms with Gasteiger partial charge in [0.25, 0.3) is 0 Å². The molecule has 1 saturated carbocycles. The van der Waals surface area contributed by atoms with E-state index in [0.29, 0.717) is 11.9 Å². The Hall–Kier alpha value is -1.35. The van der Waals surface area contributed by atoms with Gasteiger partial charge in [-0.05, 0) is 75.9 Å². The third-order valence-corrected chi connectivity index (χ3v) is 4.45. The summed E-state index contributed by atoms with van der Waals surface area (Å²) in [7, 11) is 0. The van der Waals surface area contributed by atoms with Crippen molar-refractivity contribution in [2.45, 2.75) is 44.6 Å². The summed E-state index contributed by atoms with van der Waals surface area (Å²) in [6.45, 7) is 1.92. The lowest BCUT2D eigenvalue weighted by Gasteiger charge is -2.21. The molecule has 3 rings (SSSR count). The van der Waals surface area contributed by atoms with E-state index in [9.17, 15) is 4.79 Å². The highest BCUT2D eigenvalue weighted by Crippen LogP contribution is 2.25. The number of hydrogen-bond acceptors (Lipinski definition) is 3. The molecule has 1 aliphatic heterocycles. The highest BCUT2D eigenvalue weighted by molar-refractivity contribution is 5.98. The smallest absolute Gasteiger partial charge is 0.166 e. The van der Waals surface area contributed by atoms with Crippen molar-refractivity contribution in [1.29, 1.82) is 0 Å². The first-order valence-electron chi connectivity index (χ1n) is 7.84. The van der Waals surface area contributed by atoms with Crippen LogP contribution in [0.4, 0.5) is 0 Å². The fourth-order valence-corrected chi connectivity index (χ4v) is 3.22. The summed E-state index contributed by atoms with van der Waals surface area (Å²) in [6.07, 6.45) is 7.17. The van der Waals surface area contributed by atoms with Crippen LogP contribution in [0.5, 0.6) is 5.75 Å². The van der Waals surface area contributed by atoms with E-state index in [0.717, 1.165) is 50.1 Å². The molecule has 2 fully saturated rings. The van der Waals surface area contributed by atoms with Crippen LogP contribution in [0, 0.1) is 5.92 Å². The second kappa shape index (κ2) is 6.40. The van der Waals surface area contributed by atoms with Crippen molar-refractivity contribution in [2.24, 2.45) is 5.92 Å². The number of hydrogen-bond donors (Lipinski definition) is 1. The van der Waals surface area contributed by atoms with E-state index in [1.54, 1.807) is 0 Å². The largest absolute Gasteiger partial charge is 0.490 e. The van der Waals surface area contributed by atoms with Gasteiger partial charge in [-0.2, -0.15) is 0 Å². The van der Waals surface area contributed by atoms with Crippen molar-refractivity contribution in [3.8, 4) is 5.75 Å². The Morgan fingerprint density at radius 1 is 1.00 bits per heavy atom. The summed E-state index contributed by atoms with van der Waals surface area (Å²) in [5, 5.41) is 3.30. The Kier molecular flexibility index (Phi) is 4.36. The first-order valence-corrected chi connectivity index (χ1v) is 7.84. The minimum Gasteiger partial charge on any atom is -0.490 e. The maximum Gasteiger partial charge on any atom is 0.166 e. The van der Waals surface area contributed by atoms with E-state index in [-0.39, 0.29) is 5.92 Å². The topological polar surface area (TPSA) is 38.3 Å². The van der Waals surface area contributed by atoms with Crippen molar-refractivity contribution in [1.82, 2.24) is 5.32 Å². The van der Waals surface area contributed by atoms with Gasteiger partial charge in [0.1, 0.15) is 5.75 Å². The number of benzene rings is 1. The summed E-state index contributed by atoms with van der Waals surface area (Å²) in [5.74, 6) is 1.38. The monoisotopic (exact) mass is 273 g/mol. The lowest BCUT2D eigenvalue weighted by molar-refractivity contribution is 0.0895. The molecule has 1 aromatic rings. The number of ether oxygens (including phenoxy) is 1. The van der Waals surface area contributed by atoms with Crippen molar-refractivity contribution >= 4 is 5.78 Å². The van der Waals surface area contributed by atoms with E-state index in [4.69, 9.17) is 4.74 Å². The lowest BCUT2D eigenvalue weighted by atomic mass is 9.90. The highest BCUT2D eigenvalue weighted by atomic mass is 16.5. The first kappa shape index (κ1) is 13.6. The molecular formula is C17H23NO2. The molecule has 1 aromatic carbocycles. The van der Waals surface area contributed by atoms with E-state index < -0.39 is 0 Å². The molecule has 1 saturated heterocycles.